The monoisotopic (exact) mass is 289 g/mol. The number of aryl methyl sites for hydroxylation is 1. The summed E-state index contributed by atoms with van der Waals surface area (Å²) in [4.78, 5) is 12.0. The molecule has 1 saturated carbocycles. The summed E-state index contributed by atoms with van der Waals surface area (Å²) in [6, 6.07) is 8.39. The van der Waals surface area contributed by atoms with Crippen molar-refractivity contribution in [1.29, 1.82) is 0 Å². The normalized spacial score (nSPS) is 26.8. The van der Waals surface area contributed by atoms with Crippen molar-refractivity contribution in [2.75, 3.05) is 13.7 Å². The molecule has 0 spiro atoms. The zero-order chi connectivity index (χ0) is 14.7. The second-order valence-electron chi connectivity index (χ2n) is 5.97. The average molecular weight is 289 g/mol. The Morgan fingerprint density at radius 3 is 2.90 bits per heavy atom. The number of amides is 1. The molecule has 1 aromatic rings. The Bertz CT molecular complexity index is 485. The molecule has 4 nitrogen and oxygen atoms in total. The van der Waals surface area contributed by atoms with Crippen molar-refractivity contribution in [2.45, 2.75) is 44.2 Å². The van der Waals surface area contributed by atoms with E-state index in [0.29, 0.717) is 24.5 Å². The minimum Gasteiger partial charge on any atom is -0.497 e. The minimum atomic E-state index is 0.180. The van der Waals surface area contributed by atoms with Crippen LogP contribution < -0.4 is 10.1 Å². The molecule has 0 radical (unpaired) electrons. The maximum absolute atomic E-state index is 12.0. The first-order chi connectivity index (χ1) is 10.3. The van der Waals surface area contributed by atoms with Crippen LogP contribution in [0.15, 0.2) is 24.3 Å². The number of hydrogen-bond acceptors (Lipinski definition) is 3. The molecule has 1 N–H and O–H groups in total. The second-order valence-corrected chi connectivity index (χ2v) is 5.97. The van der Waals surface area contributed by atoms with E-state index in [1.807, 2.05) is 12.1 Å². The van der Waals surface area contributed by atoms with Gasteiger partial charge in [0.05, 0.1) is 13.2 Å². The van der Waals surface area contributed by atoms with Gasteiger partial charge >= 0.3 is 0 Å². The first-order valence-corrected chi connectivity index (χ1v) is 7.80. The van der Waals surface area contributed by atoms with E-state index in [2.05, 4.69) is 17.4 Å². The summed E-state index contributed by atoms with van der Waals surface area (Å²) in [5, 5.41) is 3.15. The van der Waals surface area contributed by atoms with E-state index in [4.69, 9.17) is 9.47 Å². The molecular weight excluding hydrogens is 266 g/mol. The Balaban J connectivity index is 1.36. The first kappa shape index (κ1) is 14.4. The van der Waals surface area contributed by atoms with Crippen molar-refractivity contribution in [3.63, 3.8) is 0 Å². The summed E-state index contributed by atoms with van der Waals surface area (Å²) in [6.45, 7) is 0.860. The molecule has 4 heteroatoms. The van der Waals surface area contributed by atoms with E-state index < -0.39 is 0 Å². The third-order valence-electron chi connectivity index (χ3n) is 4.64. The number of methoxy groups -OCH3 is 1. The minimum absolute atomic E-state index is 0.180. The first-order valence-electron chi connectivity index (χ1n) is 7.80. The molecule has 0 aromatic heterocycles. The Hall–Kier alpha value is -1.55. The molecule has 3 rings (SSSR count). The Kier molecular flexibility index (Phi) is 4.44. The molecule has 114 valence electrons. The smallest absolute Gasteiger partial charge is 0.220 e. The van der Waals surface area contributed by atoms with Gasteiger partial charge in [0.15, 0.2) is 0 Å². The number of nitrogens with one attached hydrogen (secondary N) is 1. The van der Waals surface area contributed by atoms with E-state index in [1.165, 1.54) is 5.56 Å². The van der Waals surface area contributed by atoms with Crippen LogP contribution in [0.1, 0.15) is 31.2 Å². The van der Waals surface area contributed by atoms with Gasteiger partial charge in [0.25, 0.3) is 0 Å². The van der Waals surface area contributed by atoms with Gasteiger partial charge in [-0.05, 0) is 43.4 Å². The molecule has 2 fully saturated rings. The van der Waals surface area contributed by atoms with Gasteiger partial charge in [0, 0.05) is 25.0 Å². The van der Waals surface area contributed by atoms with Gasteiger partial charge < -0.3 is 14.8 Å². The van der Waals surface area contributed by atoms with Gasteiger partial charge in [-0.1, -0.05) is 12.1 Å². The third kappa shape index (κ3) is 3.38. The topological polar surface area (TPSA) is 47.6 Å². The Morgan fingerprint density at radius 2 is 2.19 bits per heavy atom. The Labute approximate surface area is 125 Å². The van der Waals surface area contributed by atoms with Crippen LogP contribution in [0.3, 0.4) is 0 Å². The maximum Gasteiger partial charge on any atom is 0.220 e. The van der Waals surface area contributed by atoms with Crippen molar-refractivity contribution in [3.8, 4) is 5.75 Å². The molecule has 1 aliphatic carbocycles. The lowest BCUT2D eigenvalue weighted by atomic mass is 9.76. The van der Waals surface area contributed by atoms with E-state index in [-0.39, 0.29) is 5.91 Å². The van der Waals surface area contributed by atoms with Gasteiger partial charge in [0.1, 0.15) is 5.75 Å². The number of hydrogen-bond donors (Lipinski definition) is 1. The predicted octanol–water partition coefficient (Wildman–Crippen LogP) is 2.31. The van der Waals surface area contributed by atoms with E-state index >= 15 is 0 Å². The molecule has 1 aliphatic heterocycles. The van der Waals surface area contributed by atoms with Crippen LogP contribution in [0.5, 0.6) is 5.75 Å². The van der Waals surface area contributed by atoms with E-state index in [9.17, 15) is 4.79 Å². The van der Waals surface area contributed by atoms with Crippen LogP contribution in [0.25, 0.3) is 0 Å². The highest BCUT2D eigenvalue weighted by molar-refractivity contribution is 5.76. The van der Waals surface area contributed by atoms with Gasteiger partial charge in [-0.3, -0.25) is 4.79 Å². The molecule has 0 bridgehead atoms. The lowest BCUT2D eigenvalue weighted by molar-refractivity contribution is -0.124. The fourth-order valence-corrected chi connectivity index (χ4v) is 3.29. The van der Waals surface area contributed by atoms with Crippen LogP contribution in [0.4, 0.5) is 0 Å². The van der Waals surface area contributed by atoms with Crippen molar-refractivity contribution < 1.29 is 14.3 Å². The van der Waals surface area contributed by atoms with Crippen LogP contribution in [-0.4, -0.2) is 31.8 Å². The third-order valence-corrected chi connectivity index (χ3v) is 4.64. The molecule has 1 aromatic carbocycles. The molecule has 1 heterocycles. The van der Waals surface area contributed by atoms with Crippen LogP contribution in [-0.2, 0) is 16.0 Å². The predicted molar refractivity (Wildman–Crippen MR) is 80.3 cm³/mol. The molecule has 0 unspecified atom stereocenters. The molecule has 2 aliphatic rings. The SMILES string of the molecule is COc1ccc(CCCC(=O)N[C@@H]2C[C@H]3OCC[C@@H]23)cc1. The molecular formula is C17H23NO3. The molecule has 21 heavy (non-hydrogen) atoms. The lowest BCUT2D eigenvalue weighted by Crippen LogP contribution is -2.53. The number of carbonyl (C=O) groups excluding carboxylic acids is 1. The van der Waals surface area contributed by atoms with Crippen molar-refractivity contribution in [3.05, 3.63) is 29.8 Å². The van der Waals surface area contributed by atoms with Crippen molar-refractivity contribution >= 4 is 5.91 Å². The highest BCUT2D eigenvalue weighted by Gasteiger charge is 2.45. The zero-order valence-electron chi connectivity index (χ0n) is 12.5. The summed E-state index contributed by atoms with van der Waals surface area (Å²) >= 11 is 0. The fraction of sp³-hybridized carbons (Fsp3) is 0.588. The number of carbonyl (C=O) groups is 1. The van der Waals surface area contributed by atoms with Crippen molar-refractivity contribution in [1.82, 2.24) is 5.32 Å². The molecule has 1 amide bonds. The van der Waals surface area contributed by atoms with Gasteiger partial charge in [-0.2, -0.15) is 0 Å². The number of rotatable bonds is 6. The highest BCUT2D eigenvalue weighted by atomic mass is 16.5. The lowest BCUT2D eigenvalue weighted by Gasteiger charge is -2.39. The number of benzene rings is 1. The quantitative estimate of drug-likeness (QED) is 0.874. The zero-order valence-corrected chi connectivity index (χ0v) is 12.5. The molecule has 1 saturated heterocycles. The van der Waals surface area contributed by atoms with E-state index in [0.717, 1.165) is 38.0 Å². The van der Waals surface area contributed by atoms with Crippen LogP contribution >= 0.6 is 0 Å². The summed E-state index contributed by atoms with van der Waals surface area (Å²) in [5.41, 5.74) is 1.25. The molecule has 3 atom stereocenters. The standard InChI is InChI=1S/C17H23NO3/c1-20-13-7-5-12(6-8-13)3-2-4-17(19)18-15-11-16-14(15)9-10-21-16/h5-8,14-16H,2-4,9-11H2,1H3,(H,18,19)/t14-,15+,16+/m0/s1. The van der Waals surface area contributed by atoms with E-state index in [1.54, 1.807) is 7.11 Å². The number of ether oxygens (including phenoxy) is 2. The summed E-state index contributed by atoms with van der Waals surface area (Å²) < 4.78 is 10.7. The average Bonchev–Trinajstić information content (AvgIpc) is 2.87. The second kappa shape index (κ2) is 6.48. The van der Waals surface area contributed by atoms with Crippen LogP contribution in [0, 0.1) is 5.92 Å². The number of fused-ring (bicyclic) bond motifs is 1. The summed E-state index contributed by atoms with van der Waals surface area (Å²) in [7, 11) is 1.67. The van der Waals surface area contributed by atoms with Crippen molar-refractivity contribution in [2.24, 2.45) is 5.92 Å². The highest BCUT2D eigenvalue weighted by Crippen LogP contribution is 2.38. The fourth-order valence-electron chi connectivity index (χ4n) is 3.29. The van der Waals surface area contributed by atoms with Crippen LogP contribution in [0.2, 0.25) is 0 Å². The summed E-state index contributed by atoms with van der Waals surface area (Å²) in [6.07, 6.45) is 4.92. The largest absolute Gasteiger partial charge is 0.497 e. The van der Waals surface area contributed by atoms with Gasteiger partial charge in [-0.15, -0.1) is 0 Å². The van der Waals surface area contributed by atoms with Gasteiger partial charge in [-0.25, -0.2) is 0 Å². The maximum atomic E-state index is 12.0. The summed E-state index contributed by atoms with van der Waals surface area (Å²) in [5.74, 6) is 1.62. The van der Waals surface area contributed by atoms with Gasteiger partial charge in [0.2, 0.25) is 5.91 Å². The Morgan fingerprint density at radius 1 is 1.38 bits per heavy atom.